The van der Waals surface area contributed by atoms with Crippen molar-refractivity contribution in [3.05, 3.63) is 47.0 Å². The summed E-state index contributed by atoms with van der Waals surface area (Å²) in [5.74, 6) is 0.433. The molecule has 1 heterocycles. The van der Waals surface area contributed by atoms with Gasteiger partial charge in [-0.15, -0.1) is 0 Å². The summed E-state index contributed by atoms with van der Waals surface area (Å²) >= 11 is 6.11. The van der Waals surface area contributed by atoms with Crippen molar-refractivity contribution in [2.24, 2.45) is 4.99 Å². The Balaban J connectivity index is 1.92. The Morgan fingerprint density at radius 1 is 1.25 bits per heavy atom. The van der Waals surface area contributed by atoms with E-state index >= 15 is 0 Å². The van der Waals surface area contributed by atoms with Gasteiger partial charge in [-0.05, 0) is 38.0 Å². The molecule has 126 valence electrons. The van der Waals surface area contributed by atoms with E-state index in [2.05, 4.69) is 16.0 Å². The Kier molecular flexibility index (Phi) is 5.26. The van der Waals surface area contributed by atoms with Gasteiger partial charge in [0.15, 0.2) is 11.5 Å². The summed E-state index contributed by atoms with van der Waals surface area (Å²) in [6.45, 7) is 4.44. The van der Waals surface area contributed by atoms with E-state index in [0.29, 0.717) is 22.9 Å². The maximum absolute atomic E-state index is 10.3. The molecule has 2 aromatic carbocycles. The van der Waals surface area contributed by atoms with Gasteiger partial charge in [-0.2, -0.15) is 0 Å². The van der Waals surface area contributed by atoms with Crippen molar-refractivity contribution in [1.82, 2.24) is 0 Å². The number of ether oxygens (including phenoxy) is 1. The molecule has 5 heteroatoms. The zero-order valence-corrected chi connectivity index (χ0v) is 14.5. The zero-order valence-electron chi connectivity index (χ0n) is 13.7. The molecular formula is C19H21ClN2O2. The molecule has 3 rings (SSSR count). The van der Waals surface area contributed by atoms with Gasteiger partial charge in [-0.25, -0.2) is 0 Å². The van der Waals surface area contributed by atoms with E-state index < -0.39 is 0 Å². The monoisotopic (exact) mass is 344 g/mol. The van der Waals surface area contributed by atoms with Crippen LogP contribution in [0.25, 0.3) is 0 Å². The highest BCUT2D eigenvalue weighted by atomic mass is 35.5. The van der Waals surface area contributed by atoms with Gasteiger partial charge < -0.3 is 14.7 Å². The van der Waals surface area contributed by atoms with E-state index in [0.717, 1.165) is 24.5 Å². The van der Waals surface area contributed by atoms with E-state index in [1.165, 1.54) is 12.8 Å². The molecule has 0 unspecified atom stereocenters. The second-order valence-electron chi connectivity index (χ2n) is 5.72. The van der Waals surface area contributed by atoms with Crippen LogP contribution in [0, 0.1) is 0 Å². The van der Waals surface area contributed by atoms with Crippen LogP contribution in [-0.4, -0.2) is 31.0 Å². The predicted molar refractivity (Wildman–Crippen MR) is 99.4 cm³/mol. The number of anilines is 1. The molecule has 0 aliphatic carbocycles. The van der Waals surface area contributed by atoms with Crippen LogP contribution in [-0.2, 0) is 0 Å². The summed E-state index contributed by atoms with van der Waals surface area (Å²) in [6.07, 6.45) is 4.06. The zero-order chi connectivity index (χ0) is 16.9. The number of phenolic OH excluding ortho intramolecular Hbond substituents is 1. The summed E-state index contributed by atoms with van der Waals surface area (Å²) in [5.41, 5.74) is 2.55. The van der Waals surface area contributed by atoms with Crippen LogP contribution in [0.5, 0.6) is 11.5 Å². The first-order valence-electron chi connectivity index (χ1n) is 8.22. The van der Waals surface area contributed by atoms with E-state index in [-0.39, 0.29) is 5.75 Å². The average Bonchev–Trinajstić information content (AvgIpc) is 3.11. The third-order valence-electron chi connectivity index (χ3n) is 4.04. The molecular weight excluding hydrogens is 324 g/mol. The van der Waals surface area contributed by atoms with E-state index in [9.17, 15) is 5.11 Å². The minimum atomic E-state index is 0.0589. The van der Waals surface area contributed by atoms with E-state index in [1.54, 1.807) is 18.3 Å². The van der Waals surface area contributed by atoms with Crippen LogP contribution >= 0.6 is 11.6 Å². The number of benzene rings is 2. The number of aromatic hydroxyl groups is 1. The van der Waals surface area contributed by atoms with Crippen molar-refractivity contribution in [2.75, 3.05) is 24.6 Å². The molecule has 0 bridgehead atoms. The number of para-hydroxylation sites is 2. The fourth-order valence-electron chi connectivity index (χ4n) is 2.90. The number of aliphatic imine (C=N–C) groups is 1. The molecule has 0 amide bonds. The maximum atomic E-state index is 10.3. The third-order valence-corrected chi connectivity index (χ3v) is 4.26. The number of halogens is 1. The van der Waals surface area contributed by atoms with Gasteiger partial charge >= 0.3 is 0 Å². The Morgan fingerprint density at radius 3 is 2.75 bits per heavy atom. The highest BCUT2D eigenvalue weighted by Crippen LogP contribution is 2.34. The lowest BCUT2D eigenvalue weighted by atomic mass is 10.2. The smallest absolute Gasteiger partial charge is 0.166 e. The van der Waals surface area contributed by atoms with Crippen molar-refractivity contribution in [1.29, 1.82) is 0 Å². The molecule has 2 aromatic rings. The Bertz CT molecular complexity index is 740. The Hall–Kier alpha value is -2.20. The second-order valence-corrected chi connectivity index (χ2v) is 6.15. The Labute approximate surface area is 147 Å². The quantitative estimate of drug-likeness (QED) is 0.793. The van der Waals surface area contributed by atoms with Crippen LogP contribution in [0.2, 0.25) is 5.02 Å². The number of nitrogens with zero attached hydrogens (tertiary/aromatic N) is 2. The normalized spacial score (nSPS) is 14.5. The highest BCUT2D eigenvalue weighted by molar-refractivity contribution is 6.31. The topological polar surface area (TPSA) is 45.1 Å². The lowest BCUT2D eigenvalue weighted by Crippen LogP contribution is -2.17. The van der Waals surface area contributed by atoms with Gasteiger partial charge in [0.1, 0.15) is 0 Å². The molecule has 1 N–H and O–H groups in total. The minimum Gasteiger partial charge on any atom is -0.504 e. The van der Waals surface area contributed by atoms with Gasteiger partial charge in [0.05, 0.1) is 18.0 Å². The molecule has 0 aromatic heterocycles. The average molecular weight is 345 g/mol. The molecule has 1 saturated heterocycles. The molecule has 24 heavy (non-hydrogen) atoms. The van der Waals surface area contributed by atoms with Crippen LogP contribution in [0.4, 0.5) is 11.4 Å². The third kappa shape index (κ3) is 3.65. The molecule has 1 aliphatic heterocycles. The second kappa shape index (κ2) is 7.58. The molecule has 0 atom stereocenters. The van der Waals surface area contributed by atoms with Crippen molar-refractivity contribution in [3.63, 3.8) is 0 Å². The van der Waals surface area contributed by atoms with E-state index in [4.69, 9.17) is 16.3 Å². The first-order valence-corrected chi connectivity index (χ1v) is 8.60. The van der Waals surface area contributed by atoms with Crippen LogP contribution < -0.4 is 9.64 Å². The maximum Gasteiger partial charge on any atom is 0.166 e. The Morgan fingerprint density at radius 2 is 2.00 bits per heavy atom. The summed E-state index contributed by atoms with van der Waals surface area (Å²) in [4.78, 5) is 6.93. The van der Waals surface area contributed by atoms with E-state index in [1.807, 2.05) is 25.1 Å². The van der Waals surface area contributed by atoms with Gasteiger partial charge in [-0.3, -0.25) is 4.99 Å². The van der Waals surface area contributed by atoms with Gasteiger partial charge in [-0.1, -0.05) is 23.7 Å². The number of rotatable bonds is 5. The number of hydrogen-bond donors (Lipinski definition) is 1. The molecule has 0 spiro atoms. The standard InChI is InChI=1S/C19H21ClN2O2/c1-2-24-18-12-15(20)11-14(19(18)23)13-21-16-7-3-4-8-17(16)22-9-5-6-10-22/h3-4,7-8,11-13,23H,2,5-6,9-10H2,1H3. The summed E-state index contributed by atoms with van der Waals surface area (Å²) in [7, 11) is 0. The van der Waals surface area contributed by atoms with Gasteiger partial charge in [0.2, 0.25) is 0 Å². The van der Waals surface area contributed by atoms with Crippen molar-refractivity contribution in [3.8, 4) is 11.5 Å². The van der Waals surface area contributed by atoms with Crippen LogP contribution in [0.3, 0.4) is 0 Å². The fourth-order valence-corrected chi connectivity index (χ4v) is 3.11. The first-order chi connectivity index (χ1) is 11.7. The number of phenols is 1. The summed E-state index contributed by atoms with van der Waals surface area (Å²) in [6, 6.07) is 11.3. The van der Waals surface area contributed by atoms with Crippen molar-refractivity contribution >= 4 is 29.2 Å². The van der Waals surface area contributed by atoms with Crippen LogP contribution in [0.15, 0.2) is 41.4 Å². The lowest BCUT2D eigenvalue weighted by Gasteiger charge is -2.19. The van der Waals surface area contributed by atoms with Gasteiger partial charge in [0, 0.05) is 36.0 Å². The summed E-state index contributed by atoms with van der Waals surface area (Å²) < 4.78 is 5.41. The molecule has 0 saturated carbocycles. The molecule has 4 nitrogen and oxygen atoms in total. The summed E-state index contributed by atoms with van der Waals surface area (Å²) in [5, 5.41) is 10.8. The number of hydrogen-bond acceptors (Lipinski definition) is 4. The van der Waals surface area contributed by atoms with Crippen molar-refractivity contribution in [2.45, 2.75) is 19.8 Å². The van der Waals surface area contributed by atoms with Crippen LogP contribution in [0.1, 0.15) is 25.3 Å². The predicted octanol–water partition coefficient (Wildman–Crippen LogP) is 4.80. The molecule has 0 radical (unpaired) electrons. The largest absolute Gasteiger partial charge is 0.504 e. The fraction of sp³-hybridized carbons (Fsp3) is 0.316. The SMILES string of the molecule is CCOc1cc(Cl)cc(C=Nc2ccccc2N2CCCC2)c1O. The molecule has 1 aliphatic rings. The first kappa shape index (κ1) is 16.7. The lowest BCUT2D eigenvalue weighted by molar-refractivity contribution is 0.318. The molecule has 1 fully saturated rings. The van der Waals surface area contributed by atoms with Crippen molar-refractivity contribution < 1.29 is 9.84 Å². The van der Waals surface area contributed by atoms with Gasteiger partial charge in [0.25, 0.3) is 0 Å². The highest BCUT2D eigenvalue weighted by Gasteiger charge is 2.15. The minimum absolute atomic E-state index is 0.0589.